The lowest BCUT2D eigenvalue weighted by Crippen LogP contribution is -2.17. The van der Waals surface area contributed by atoms with Gasteiger partial charge in [-0.25, -0.2) is 5.43 Å². The summed E-state index contributed by atoms with van der Waals surface area (Å²) in [5, 5.41) is 13.7. The summed E-state index contributed by atoms with van der Waals surface area (Å²) in [6.45, 7) is 2.39. The quantitative estimate of drug-likeness (QED) is 0.633. The number of rotatable bonds is 5. The molecule has 0 heterocycles. The molecule has 0 aliphatic rings. The van der Waals surface area contributed by atoms with Crippen molar-refractivity contribution in [3.8, 4) is 11.5 Å². The summed E-state index contributed by atoms with van der Waals surface area (Å²) in [4.78, 5) is 11.8. The Morgan fingerprint density at radius 2 is 2.05 bits per heavy atom. The number of hydrogen-bond acceptors (Lipinski definition) is 4. The molecule has 1 amide bonds. The zero-order valence-corrected chi connectivity index (χ0v) is 13.5. The Balaban J connectivity index is 2.00. The molecule has 22 heavy (non-hydrogen) atoms. The van der Waals surface area contributed by atoms with Crippen molar-refractivity contribution >= 4 is 28.1 Å². The van der Waals surface area contributed by atoms with Crippen molar-refractivity contribution in [3.63, 3.8) is 0 Å². The minimum Gasteiger partial charge on any atom is -0.507 e. The lowest BCUT2D eigenvalue weighted by atomic mass is 10.2. The fraction of sp³-hybridized carbons (Fsp3) is 0.125. The van der Waals surface area contributed by atoms with Crippen molar-refractivity contribution in [1.82, 2.24) is 5.43 Å². The first kappa shape index (κ1) is 16.0. The number of amides is 1. The molecule has 0 saturated heterocycles. The zero-order chi connectivity index (χ0) is 15.9. The van der Waals surface area contributed by atoms with Gasteiger partial charge < -0.3 is 9.84 Å². The van der Waals surface area contributed by atoms with E-state index < -0.39 is 0 Å². The fourth-order valence-electron chi connectivity index (χ4n) is 1.72. The smallest absolute Gasteiger partial charge is 0.271 e. The van der Waals surface area contributed by atoms with E-state index in [9.17, 15) is 9.90 Å². The first-order valence-electron chi connectivity index (χ1n) is 6.65. The molecule has 0 fully saturated rings. The van der Waals surface area contributed by atoms with Crippen LogP contribution >= 0.6 is 15.9 Å². The van der Waals surface area contributed by atoms with Gasteiger partial charge in [0.1, 0.15) is 11.5 Å². The Morgan fingerprint density at radius 3 is 2.68 bits per heavy atom. The predicted molar refractivity (Wildman–Crippen MR) is 88.5 cm³/mol. The highest BCUT2D eigenvalue weighted by Crippen LogP contribution is 2.22. The van der Waals surface area contributed by atoms with Gasteiger partial charge in [-0.3, -0.25) is 4.79 Å². The number of halogens is 1. The molecule has 5 nitrogen and oxygen atoms in total. The molecule has 6 heteroatoms. The number of benzene rings is 2. The molecule has 2 aromatic rings. The molecular weight excluding hydrogens is 348 g/mol. The number of nitrogens with zero attached hydrogens (tertiary/aromatic N) is 1. The molecule has 0 aliphatic carbocycles. The highest BCUT2D eigenvalue weighted by atomic mass is 79.9. The lowest BCUT2D eigenvalue weighted by molar-refractivity contribution is 0.0955. The average molecular weight is 363 g/mol. The summed E-state index contributed by atoms with van der Waals surface area (Å²) in [6.07, 6.45) is 1.38. The number of hydrogen-bond donors (Lipinski definition) is 2. The molecule has 114 valence electrons. The summed E-state index contributed by atoms with van der Waals surface area (Å²) >= 11 is 3.30. The monoisotopic (exact) mass is 362 g/mol. The van der Waals surface area contributed by atoms with Crippen LogP contribution in [0.1, 0.15) is 22.8 Å². The van der Waals surface area contributed by atoms with Crippen molar-refractivity contribution in [2.24, 2.45) is 5.10 Å². The van der Waals surface area contributed by atoms with E-state index in [1.54, 1.807) is 36.4 Å². The van der Waals surface area contributed by atoms with Crippen molar-refractivity contribution in [1.29, 1.82) is 0 Å². The van der Waals surface area contributed by atoms with E-state index in [0.717, 1.165) is 4.47 Å². The van der Waals surface area contributed by atoms with Crippen LogP contribution < -0.4 is 10.2 Å². The normalized spacial score (nSPS) is 10.6. The van der Waals surface area contributed by atoms with Crippen LogP contribution in [0.5, 0.6) is 11.5 Å². The summed E-state index contributed by atoms with van der Waals surface area (Å²) in [7, 11) is 0. The molecule has 0 radical (unpaired) electrons. The Bertz CT molecular complexity index is 684. The first-order valence-corrected chi connectivity index (χ1v) is 7.44. The Labute approximate surface area is 136 Å². The summed E-state index contributed by atoms with van der Waals surface area (Å²) < 4.78 is 6.17. The standard InChI is InChI=1S/C16H15BrN2O3/c1-2-22-14-8-5-12(15(20)9-14)10-18-19-16(21)11-3-6-13(17)7-4-11/h3-10,20H,2H2,1H3,(H,19,21)/b18-10+. The molecule has 2 aromatic carbocycles. The molecule has 0 atom stereocenters. The van der Waals surface area contributed by atoms with Gasteiger partial charge in [0, 0.05) is 21.7 Å². The van der Waals surface area contributed by atoms with Gasteiger partial charge in [-0.05, 0) is 43.3 Å². The maximum absolute atomic E-state index is 11.8. The summed E-state index contributed by atoms with van der Waals surface area (Å²) in [5.41, 5.74) is 3.39. The number of aromatic hydroxyl groups is 1. The molecular formula is C16H15BrN2O3. The largest absolute Gasteiger partial charge is 0.507 e. The van der Waals surface area contributed by atoms with E-state index in [1.165, 1.54) is 12.3 Å². The number of ether oxygens (including phenoxy) is 1. The van der Waals surface area contributed by atoms with E-state index in [-0.39, 0.29) is 11.7 Å². The Morgan fingerprint density at radius 1 is 1.32 bits per heavy atom. The zero-order valence-electron chi connectivity index (χ0n) is 11.9. The number of hydrazone groups is 1. The second-order valence-electron chi connectivity index (χ2n) is 4.36. The molecule has 0 unspecified atom stereocenters. The van der Waals surface area contributed by atoms with Crippen molar-refractivity contribution in [3.05, 3.63) is 58.1 Å². The van der Waals surface area contributed by atoms with Gasteiger partial charge in [0.05, 0.1) is 12.8 Å². The third-order valence-electron chi connectivity index (χ3n) is 2.79. The minimum atomic E-state index is -0.325. The van der Waals surface area contributed by atoms with Crippen molar-refractivity contribution in [2.45, 2.75) is 6.92 Å². The van der Waals surface area contributed by atoms with Gasteiger partial charge in [-0.1, -0.05) is 15.9 Å². The van der Waals surface area contributed by atoms with E-state index in [4.69, 9.17) is 4.74 Å². The van der Waals surface area contributed by atoms with Crippen LogP contribution in [0.4, 0.5) is 0 Å². The second-order valence-corrected chi connectivity index (χ2v) is 5.28. The maximum atomic E-state index is 11.8. The fourth-order valence-corrected chi connectivity index (χ4v) is 1.98. The van der Waals surface area contributed by atoms with Gasteiger partial charge in [0.25, 0.3) is 5.91 Å². The molecule has 2 N–H and O–H groups in total. The predicted octanol–water partition coefficient (Wildman–Crippen LogP) is 3.32. The second kappa shape index (κ2) is 7.61. The number of phenols is 1. The van der Waals surface area contributed by atoms with E-state index in [0.29, 0.717) is 23.5 Å². The van der Waals surface area contributed by atoms with Gasteiger partial charge in [0.2, 0.25) is 0 Å². The van der Waals surface area contributed by atoms with Crippen LogP contribution in [0.3, 0.4) is 0 Å². The molecule has 2 rings (SSSR count). The van der Waals surface area contributed by atoms with Crippen molar-refractivity contribution < 1.29 is 14.6 Å². The van der Waals surface area contributed by atoms with E-state index in [2.05, 4.69) is 26.5 Å². The van der Waals surface area contributed by atoms with Crippen LogP contribution in [0, 0.1) is 0 Å². The highest BCUT2D eigenvalue weighted by molar-refractivity contribution is 9.10. The van der Waals surface area contributed by atoms with Gasteiger partial charge in [-0.2, -0.15) is 5.10 Å². The van der Waals surface area contributed by atoms with Gasteiger partial charge in [-0.15, -0.1) is 0 Å². The molecule has 0 spiro atoms. The minimum absolute atomic E-state index is 0.0348. The van der Waals surface area contributed by atoms with Crippen LogP contribution in [0.15, 0.2) is 52.0 Å². The third-order valence-corrected chi connectivity index (χ3v) is 3.32. The van der Waals surface area contributed by atoms with Crippen LogP contribution in [0.25, 0.3) is 0 Å². The number of phenolic OH excluding ortho intramolecular Hbond substituents is 1. The van der Waals surface area contributed by atoms with E-state index >= 15 is 0 Å². The van der Waals surface area contributed by atoms with Crippen LogP contribution in [-0.2, 0) is 0 Å². The van der Waals surface area contributed by atoms with E-state index in [1.807, 2.05) is 6.92 Å². The Kier molecular flexibility index (Phi) is 5.55. The van der Waals surface area contributed by atoms with Crippen LogP contribution in [0.2, 0.25) is 0 Å². The summed E-state index contributed by atoms with van der Waals surface area (Å²) in [5.74, 6) is 0.290. The SMILES string of the molecule is CCOc1ccc(/C=N/NC(=O)c2ccc(Br)cc2)c(O)c1. The van der Waals surface area contributed by atoms with Crippen LogP contribution in [-0.4, -0.2) is 23.8 Å². The highest BCUT2D eigenvalue weighted by Gasteiger charge is 2.04. The molecule has 0 saturated carbocycles. The van der Waals surface area contributed by atoms with Gasteiger partial charge >= 0.3 is 0 Å². The molecule has 0 bridgehead atoms. The number of carbonyl (C=O) groups is 1. The first-order chi connectivity index (χ1) is 10.6. The number of carbonyl (C=O) groups excluding carboxylic acids is 1. The van der Waals surface area contributed by atoms with Crippen molar-refractivity contribution in [2.75, 3.05) is 6.61 Å². The molecule has 0 aromatic heterocycles. The summed E-state index contributed by atoms with van der Waals surface area (Å²) in [6, 6.07) is 11.8. The average Bonchev–Trinajstić information content (AvgIpc) is 2.50. The Hall–Kier alpha value is -2.34. The van der Waals surface area contributed by atoms with Gasteiger partial charge in [0.15, 0.2) is 0 Å². The molecule has 0 aliphatic heterocycles. The third kappa shape index (κ3) is 4.33. The topological polar surface area (TPSA) is 70.9 Å². The number of nitrogens with one attached hydrogen (secondary N) is 1. The maximum Gasteiger partial charge on any atom is 0.271 e. The lowest BCUT2D eigenvalue weighted by Gasteiger charge is -2.05.